The topological polar surface area (TPSA) is 87.7 Å². The summed E-state index contributed by atoms with van der Waals surface area (Å²) in [6, 6.07) is 5.08. The van der Waals surface area contributed by atoms with E-state index in [1.54, 1.807) is 18.2 Å². The first-order valence-corrected chi connectivity index (χ1v) is 7.61. The highest BCUT2D eigenvalue weighted by molar-refractivity contribution is 14.1. The molecule has 0 fully saturated rings. The third kappa shape index (κ3) is 3.54. The minimum atomic E-state index is -0.864. The van der Waals surface area contributed by atoms with Crippen molar-refractivity contribution in [3.05, 3.63) is 32.4 Å². The molecule has 0 unspecified atom stereocenters. The lowest BCUT2D eigenvalue weighted by Gasteiger charge is -2.31. The SMILES string of the molecule is CCC(CC)(NC(=O)c1cc(Cl)ccc1I)/C(N)=N/O. The Hall–Kier alpha value is -1.02. The molecule has 1 amide bonds. The predicted molar refractivity (Wildman–Crippen MR) is 88.4 cm³/mol. The van der Waals surface area contributed by atoms with Crippen molar-refractivity contribution in [1.82, 2.24) is 5.32 Å². The Balaban J connectivity index is 3.12. The van der Waals surface area contributed by atoms with Crippen LogP contribution < -0.4 is 11.1 Å². The van der Waals surface area contributed by atoms with E-state index < -0.39 is 5.54 Å². The van der Waals surface area contributed by atoms with Crippen LogP contribution in [-0.2, 0) is 0 Å². The molecule has 4 N–H and O–H groups in total. The Morgan fingerprint density at radius 1 is 1.50 bits per heavy atom. The van der Waals surface area contributed by atoms with E-state index >= 15 is 0 Å². The molecule has 0 spiro atoms. The number of carbonyl (C=O) groups excluding carboxylic acids is 1. The number of halogens is 2. The van der Waals surface area contributed by atoms with Gasteiger partial charge in [-0.25, -0.2) is 0 Å². The first-order chi connectivity index (χ1) is 9.40. The van der Waals surface area contributed by atoms with Crippen molar-refractivity contribution in [1.29, 1.82) is 0 Å². The standard InChI is InChI=1S/C13H17ClIN3O2/c1-3-13(4-2,12(16)18-20)17-11(19)9-7-8(14)5-6-10(9)15/h5-7,20H,3-4H2,1-2H3,(H2,16,18)(H,17,19). The summed E-state index contributed by atoms with van der Waals surface area (Å²) in [6.07, 6.45) is 1.03. The number of amides is 1. The molecule has 1 rings (SSSR count). The third-order valence-electron chi connectivity index (χ3n) is 3.33. The molecule has 0 aromatic heterocycles. The summed E-state index contributed by atoms with van der Waals surface area (Å²) in [5.41, 5.74) is 5.33. The van der Waals surface area contributed by atoms with Crippen molar-refractivity contribution in [3.8, 4) is 0 Å². The van der Waals surface area contributed by atoms with Gasteiger partial charge in [-0.3, -0.25) is 4.79 Å². The minimum Gasteiger partial charge on any atom is -0.409 e. The zero-order chi connectivity index (χ0) is 15.3. The average molecular weight is 410 g/mol. The minimum absolute atomic E-state index is 0.00659. The molecule has 0 heterocycles. The first-order valence-electron chi connectivity index (χ1n) is 6.15. The van der Waals surface area contributed by atoms with E-state index in [1.807, 2.05) is 13.8 Å². The highest BCUT2D eigenvalue weighted by Crippen LogP contribution is 2.21. The number of benzene rings is 1. The average Bonchev–Trinajstić information content (AvgIpc) is 2.46. The molecule has 0 aliphatic rings. The number of hydrogen-bond donors (Lipinski definition) is 3. The second-order valence-electron chi connectivity index (χ2n) is 4.35. The Labute approximate surface area is 136 Å². The number of hydrogen-bond acceptors (Lipinski definition) is 3. The zero-order valence-electron chi connectivity index (χ0n) is 11.3. The number of nitrogens with one attached hydrogen (secondary N) is 1. The van der Waals surface area contributed by atoms with Gasteiger partial charge in [-0.15, -0.1) is 0 Å². The van der Waals surface area contributed by atoms with Crippen LogP contribution in [0.3, 0.4) is 0 Å². The largest absolute Gasteiger partial charge is 0.409 e. The van der Waals surface area contributed by atoms with E-state index in [4.69, 9.17) is 22.5 Å². The van der Waals surface area contributed by atoms with E-state index in [0.29, 0.717) is 23.4 Å². The van der Waals surface area contributed by atoms with E-state index in [9.17, 15) is 4.79 Å². The van der Waals surface area contributed by atoms with Crippen molar-refractivity contribution in [2.45, 2.75) is 32.2 Å². The van der Waals surface area contributed by atoms with E-state index in [1.165, 1.54) is 0 Å². The summed E-state index contributed by atoms with van der Waals surface area (Å²) < 4.78 is 0.783. The lowest BCUT2D eigenvalue weighted by atomic mass is 9.91. The monoisotopic (exact) mass is 409 g/mol. The summed E-state index contributed by atoms with van der Waals surface area (Å²) in [7, 11) is 0. The van der Waals surface area contributed by atoms with Gasteiger partial charge in [0.2, 0.25) is 0 Å². The molecule has 110 valence electrons. The molecular formula is C13H17ClIN3O2. The summed E-state index contributed by atoms with van der Waals surface area (Å²) in [4.78, 5) is 12.4. The first kappa shape index (κ1) is 17.0. The van der Waals surface area contributed by atoms with Crippen LogP contribution >= 0.6 is 34.2 Å². The van der Waals surface area contributed by atoms with Crippen LogP contribution in [0.4, 0.5) is 0 Å². The van der Waals surface area contributed by atoms with Gasteiger partial charge in [-0.2, -0.15) is 0 Å². The highest BCUT2D eigenvalue weighted by atomic mass is 127. The Morgan fingerprint density at radius 2 is 2.10 bits per heavy atom. The van der Waals surface area contributed by atoms with Crippen molar-refractivity contribution in [2.75, 3.05) is 0 Å². The molecule has 0 aliphatic heterocycles. The van der Waals surface area contributed by atoms with Gasteiger partial charge in [0.15, 0.2) is 5.84 Å². The van der Waals surface area contributed by atoms with E-state index in [-0.39, 0.29) is 11.7 Å². The molecule has 1 aromatic carbocycles. The summed E-state index contributed by atoms with van der Waals surface area (Å²) in [6.45, 7) is 3.73. The van der Waals surface area contributed by atoms with Gasteiger partial charge < -0.3 is 16.3 Å². The molecule has 20 heavy (non-hydrogen) atoms. The number of amidine groups is 1. The summed E-state index contributed by atoms with van der Waals surface area (Å²) >= 11 is 7.98. The molecule has 0 atom stereocenters. The fourth-order valence-corrected chi connectivity index (χ4v) is 2.66. The van der Waals surface area contributed by atoms with Crippen LogP contribution in [0.15, 0.2) is 23.4 Å². The van der Waals surface area contributed by atoms with Gasteiger partial charge in [0, 0.05) is 8.59 Å². The second-order valence-corrected chi connectivity index (χ2v) is 5.95. The van der Waals surface area contributed by atoms with Crippen LogP contribution in [0.2, 0.25) is 5.02 Å². The fraction of sp³-hybridized carbons (Fsp3) is 0.385. The zero-order valence-corrected chi connectivity index (χ0v) is 14.2. The van der Waals surface area contributed by atoms with Crippen LogP contribution in [0.5, 0.6) is 0 Å². The van der Waals surface area contributed by atoms with Gasteiger partial charge >= 0.3 is 0 Å². The normalized spacial score (nSPS) is 12.3. The van der Waals surface area contributed by atoms with Crippen molar-refractivity contribution in [3.63, 3.8) is 0 Å². The number of rotatable bonds is 5. The fourth-order valence-electron chi connectivity index (χ4n) is 1.90. The molecular weight excluding hydrogens is 393 g/mol. The van der Waals surface area contributed by atoms with Crippen LogP contribution in [0.25, 0.3) is 0 Å². The molecule has 7 heteroatoms. The van der Waals surface area contributed by atoms with E-state index in [2.05, 4.69) is 33.1 Å². The maximum absolute atomic E-state index is 12.4. The highest BCUT2D eigenvalue weighted by Gasteiger charge is 2.33. The lowest BCUT2D eigenvalue weighted by molar-refractivity contribution is 0.0917. The van der Waals surface area contributed by atoms with Crippen LogP contribution in [-0.4, -0.2) is 22.5 Å². The van der Waals surface area contributed by atoms with Crippen molar-refractivity contribution >= 4 is 45.9 Å². The number of nitrogens with zero attached hydrogens (tertiary/aromatic N) is 1. The predicted octanol–water partition coefficient (Wildman–Crippen LogP) is 2.98. The number of oxime groups is 1. The second kappa shape index (κ2) is 7.12. The van der Waals surface area contributed by atoms with E-state index in [0.717, 1.165) is 3.57 Å². The molecule has 0 bridgehead atoms. The summed E-state index contributed by atoms with van der Waals surface area (Å²) in [5.74, 6) is -0.305. The maximum atomic E-state index is 12.4. The Kier molecular flexibility index (Phi) is 6.07. The molecule has 0 saturated carbocycles. The molecule has 0 saturated heterocycles. The van der Waals surface area contributed by atoms with Crippen molar-refractivity contribution < 1.29 is 10.0 Å². The quantitative estimate of drug-likeness (QED) is 0.230. The smallest absolute Gasteiger partial charge is 0.253 e. The number of nitrogens with two attached hydrogens (primary N) is 1. The van der Waals surface area contributed by atoms with Gasteiger partial charge in [-0.1, -0.05) is 30.6 Å². The third-order valence-corrected chi connectivity index (χ3v) is 4.51. The molecule has 1 aromatic rings. The maximum Gasteiger partial charge on any atom is 0.253 e. The molecule has 0 radical (unpaired) electrons. The Bertz CT molecular complexity index is 530. The van der Waals surface area contributed by atoms with Gasteiger partial charge in [-0.05, 0) is 53.6 Å². The Morgan fingerprint density at radius 3 is 2.60 bits per heavy atom. The van der Waals surface area contributed by atoms with Gasteiger partial charge in [0.25, 0.3) is 5.91 Å². The van der Waals surface area contributed by atoms with Gasteiger partial charge in [0.05, 0.1) is 5.56 Å². The van der Waals surface area contributed by atoms with Crippen LogP contribution in [0, 0.1) is 3.57 Å². The lowest BCUT2D eigenvalue weighted by Crippen LogP contribution is -2.57. The van der Waals surface area contributed by atoms with Crippen molar-refractivity contribution in [2.24, 2.45) is 10.9 Å². The molecule has 0 aliphatic carbocycles. The van der Waals surface area contributed by atoms with Crippen LogP contribution in [0.1, 0.15) is 37.0 Å². The number of carbonyl (C=O) groups is 1. The summed E-state index contributed by atoms with van der Waals surface area (Å²) in [5, 5.41) is 15.3. The van der Waals surface area contributed by atoms with Gasteiger partial charge in [0.1, 0.15) is 5.54 Å². The molecule has 5 nitrogen and oxygen atoms in total.